The summed E-state index contributed by atoms with van der Waals surface area (Å²) in [6.07, 6.45) is 1.74. The molecule has 7 nitrogen and oxygen atoms in total. The van der Waals surface area contributed by atoms with Crippen LogP contribution >= 0.6 is 0 Å². The quantitative estimate of drug-likeness (QED) is 0.702. The molecule has 1 amide bonds. The zero-order valence-electron chi connectivity index (χ0n) is 15.4. The van der Waals surface area contributed by atoms with Crippen LogP contribution in [0.3, 0.4) is 0 Å². The third-order valence-electron chi connectivity index (χ3n) is 4.03. The van der Waals surface area contributed by atoms with Crippen molar-refractivity contribution in [2.75, 3.05) is 6.54 Å². The van der Waals surface area contributed by atoms with Gasteiger partial charge in [0.25, 0.3) is 5.91 Å². The molecule has 0 N–H and O–H groups in total. The fourth-order valence-corrected chi connectivity index (χ4v) is 2.70. The maximum atomic E-state index is 12.9. The van der Waals surface area contributed by atoms with Crippen LogP contribution in [-0.2, 0) is 6.54 Å². The van der Waals surface area contributed by atoms with Crippen molar-refractivity contribution in [2.45, 2.75) is 34.2 Å². The third-order valence-corrected chi connectivity index (χ3v) is 4.03. The van der Waals surface area contributed by atoms with Gasteiger partial charge in [-0.05, 0) is 32.9 Å². The Labute approximate surface area is 152 Å². The van der Waals surface area contributed by atoms with Crippen molar-refractivity contribution >= 4 is 5.91 Å². The lowest BCUT2D eigenvalue weighted by Gasteiger charge is -2.19. The lowest BCUT2D eigenvalue weighted by molar-refractivity contribution is 0.0747. The van der Waals surface area contributed by atoms with E-state index in [1.54, 1.807) is 24.1 Å². The molecule has 26 heavy (non-hydrogen) atoms. The zero-order valence-corrected chi connectivity index (χ0v) is 15.4. The van der Waals surface area contributed by atoms with E-state index in [2.05, 4.69) is 20.1 Å². The second-order valence-corrected chi connectivity index (χ2v) is 6.08. The van der Waals surface area contributed by atoms with Crippen LogP contribution < -0.4 is 0 Å². The maximum Gasteiger partial charge on any atom is 0.254 e. The maximum absolute atomic E-state index is 12.9. The topological polar surface area (TPSA) is 85.0 Å². The predicted octanol–water partition coefficient (Wildman–Crippen LogP) is 3.11. The molecule has 2 aromatic heterocycles. The van der Waals surface area contributed by atoms with Gasteiger partial charge in [-0.3, -0.25) is 9.78 Å². The lowest BCUT2D eigenvalue weighted by atomic mass is 10.1. The fraction of sp³-hybridized carbons (Fsp3) is 0.316. The monoisotopic (exact) mass is 351 g/mol. The number of amides is 1. The van der Waals surface area contributed by atoms with Gasteiger partial charge in [0.1, 0.15) is 0 Å². The number of hydrogen-bond acceptors (Lipinski definition) is 6. The van der Waals surface area contributed by atoms with Crippen molar-refractivity contribution in [3.05, 3.63) is 59.1 Å². The summed E-state index contributed by atoms with van der Waals surface area (Å²) < 4.78 is 4.98. The number of aromatic nitrogens is 4. The Hall–Kier alpha value is -3.09. The molecule has 0 fully saturated rings. The smallest absolute Gasteiger partial charge is 0.254 e. The summed E-state index contributed by atoms with van der Waals surface area (Å²) in [5.41, 5.74) is 3.92. The first kappa shape index (κ1) is 17.7. The van der Waals surface area contributed by atoms with Crippen molar-refractivity contribution in [1.82, 2.24) is 25.0 Å². The highest BCUT2D eigenvalue weighted by Gasteiger charge is 2.18. The average Bonchev–Trinajstić information content (AvgIpc) is 3.06. The summed E-state index contributed by atoms with van der Waals surface area (Å²) in [6, 6.07) is 7.45. The van der Waals surface area contributed by atoms with Gasteiger partial charge in [-0.1, -0.05) is 17.3 Å². The molecule has 0 aliphatic rings. The number of aryl methyl sites for hydroxylation is 3. The van der Waals surface area contributed by atoms with E-state index in [-0.39, 0.29) is 5.91 Å². The van der Waals surface area contributed by atoms with Gasteiger partial charge in [-0.15, -0.1) is 0 Å². The summed E-state index contributed by atoms with van der Waals surface area (Å²) in [5.74, 6) is 0.892. The van der Waals surface area contributed by atoms with Crippen LogP contribution in [0.15, 0.2) is 35.0 Å². The first-order valence-electron chi connectivity index (χ1n) is 8.47. The Kier molecular flexibility index (Phi) is 5.06. The minimum atomic E-state index is -0.0879. The standard InChI is InChI=1S/C19H21N5O2/c1-5-24(11-17-22-14(4)26-23-17)19(25)16-8-6-7-15(9-16)18-13(3)20-10-12(2)21-18/h6-10H,5,11H2,1-4H3. The van der Waals surface area contributed by atoms with Gasteiger partial charge in [0.15, 0.2) is 5.82 Å². The van der Waals surface area contributed by atoms with Gasteiger partial charge in [-0.25, -0.2) is 4.98 Å². The van der Waals surface area contributed by atoms with Crippen molar-refractivity contribution in [2.24, 2.45) is 0 Å². The van der Waals surface area contributed by atoms with E-state index >= 15 is 0 Å². The predicted molar refractivity (Wildman–Crippen MR) is 96.4 cm³/mol. The SMILES string of the molecule is CCN(Cc1noc(C)n1)C(=O)c1cccc(-c2nc(C)cnc2C)c1. The van der Waals surface area contributed by atoms with Crippen LogP contribution in [0.4, 0.5) is 0 Å². The van der Waals surface area contributed by atoms with E-state index in [4.69, 9.17) is 4.52 Å². The number of carbonyl (C=O) groups excluding carboxylic acids is 1. The van der Waals surface area contributed by atoms with Crippen molar-refractivity contribution in [1.29, 1.82) is 0 Å². The minimum absolute atomic E-state index is 0.0879. The summed E-state index contributed by atoms with van der Waals surface area (Å²) in [6.45, 7) is 8.30. The van der Waals surface area contributed by atoms with Crippen LogP contribution in [0, 0.1) is 20.8 Å². The zero-order chi connectivity index (χ0) is 18.7. The molecular formula is C19H21N5O2. The van der Waals surface area contributed by atoms with E-state index in [0.29, 0.717) is 30.4 Å². The normalized spacial score (nSPS) is 10.8. The Balaban J connectivity index is 1.88. The molecule has 0 atom stereocenters. The van der Waals surface area contributed by atoms with E-state index in [1.165, 1.54) is 0 Å². The second kappa shape index (κ2) is 7.43. The molecule has 0 aliphatic heterocycles. The summed E-state index contributed by atoms with van der Waals surface area (Å²) in [4.78, 5) is 27.7. The van der Waals surface area contributed by atoms with Crippen LogP contribution in [-0.4, -0.2) is 37.5 Å². The fourth-order valence-electron chi connectivity index (χ4n) is 2.70. The van der Waals surface area contributed by atoms with Crippen LogP contribution in [0.2, 0.25) is 0 Å². The Bertz CT molecular complexity index is 935. The first-order valence-corrected chi connectivity index (χ1v) is 8.47. The molecule has 0 aliphatic carbocycles. The van der Waals surface area contributed by atoms with Crippen molar-refractivity contribution < 1.29 is 9.32 Å². The second-order valence-electron chi connectivity index (χ2n) is 6.08. The van der Waals surface area contributed by atoms with Crippen LogP contribution in [0.1, 0.15) is 40.4 Å². The van der Waals surface area contributed by atoms with Gasteiger partial charge in [0, 0.05) is 30.8 Å². The molecule has 0 bridgehead atoms. The lowest BCUT2D eigenvalue weighted by Crippen LogP contribution is -2.30. The summed E-state index contributed by atoms with van der Waals surface area (Å²) in [7, 11) is 0. The van der Waals surface area contributed by atoms with Crippen LogP contribution in [0.25, 0.3) is 11.3 Å². The molecule has 0 saturated heterocycles. The number of benzene rings is 1. The molecule has 0 unspecified atom stereocenters. The van der Waals surface area contributed by atoms with E-state index < -0.39 is 0 Å². The van der Waals surface area contributed by atoms with E-state index in [1.807, 2.05) is 39.0 Å². The Morgan fingerprint density at radius 3 is 2.69 bits per heavy atom. The van der Waals surface area contributed by atoms with Crippen LogP contribution in [0.5, 0.6) is 0 Å². The molecule has 0 radical (unpaired) electrons. The average molecular weight is 351 g/mol. The third kappa shape index (κ3) is 3.77. The van der Waals surface area contributed by atoms with Gasteiger partial charge < -0.3 is 9.42 Å². The molecule has 7 heteroatoms. The number of rotatable bonds is 5. The molecule has 3 aromatic rings. The minimum Gasteiger partial charge on any atom is -0.340 e. The Morgan fingerprint density at radius 2 is 2.00 bits per heavy atom. The summed E-state index contributed by atoms with van der Waals surface area (Å²) in [5, 5.41) is 3.87. The van der Waals surface area contributed by atoms with Gasteiger partial charge in [0.2, 0.25) is 5.89 Å². The van der Waals surface area contributed by atoms with Gasteiger partial charge in [0.05, 0.1) is 23.6 Å². The highest BCUT2D eigenvalue weighted by atomic mass is 16.5. The molecule has 1 aromatic carbocycles. The molecule has 2 heterocycles. The van der Waals surface area contributed by atoms with Gasteiger partial charge in [-0.2, -0.15) is 4.98 Å². The molecule has 134 valence electrons. The molecule has 0 saturated carbocycles. The highest BCUT2D eigenvalue weighted by Crippen LogP contribution is 2.22. The Morgan fingerprint density at radius 1 is 1.19 bits per heavy atom. The number of nitrogens with zero attached hydrogens (tertiary/aromatic N) is 5. The summed E-state index contributed by atoms with van der Waals surface area (Å²) >= 11 is 0. The largest absolute Gasteiger partial charge is 0.340 e. The highest BCUT2D eigenvalue weighted by molar-refractivity contribution is 5.95. The number of carbonyl (C=O) groups is 1. The molecular weight excluding hydrogens is 330 g/mol. The molecule has 0 spiro atoms. The van der Waals surface area contributed by atoms with Crippen molar-refractivity contribution in [3.63, 3.8) is 0 Å². The van der Waals surface area contributed by atoms with Gasteiger partial charge >= 0.3 is 0 Å². The first-order chi connectivity index (χ1) is 12.5. The number of hydrogen-bond donors (Lipinski definition) is 0. The van der Waals surface area contributed by atoms with E-state index in [0.717, 1.165) is 22.6 Å². The van der Waals surface area contributed by atoms with Crippen molar-refractivity contribution in [3.8, 4) is 11.3 Å². The van der Waals surface area contributed by atoms with E-state index in [9.17, 15) is 4.79 Å². The molecule has 3 rings (SSSR count).